The second-order valence-electron chi connectivity index (χ2n) is 4.97. The van der Waals surface area contributed by atoms with Crippen LogP contribution in [0.3, 0.4) is 0 Å². The minimum Gasteiger partial charge on any atom is -0.396 e. The number of aliphatic hydroxyl groups excluding tert-OH is 1. The molecule has 1 aromatic carbocycles. The van der Waals surface area contributed by atoms with Gasteiger partial charge in [-0.3, -0.25) is 4.68 Å². The van der Waals surface area contributed by atoms with Crippen LogP contribution in [-0.2, 0) is 13.5 Å². The van der Waals surface area contributed by atoms with Crippen molar-refractivity contribution in [3.63, 3.8) is 0 Å². The lowest BCUT2D eigenvalue weighted by molar-refractivity contribution is 0.263. The quantitative estimate of drug-likeness (QED) is 0.934. The third kappa shape index (κ3) is 2.99. The zero-order valence-electron chi connectivity index (χ0n) is 11.5. The Morgan fingerprint density at radius 1 is 1.37 bits per heavy atom. The van der Waals surface area contributed by atoms with Crippen LogP contribution < -0.4 is 0 Å². The first-order valence-corrected chi connectivity index (χ1v) is 6.76. The highest BCUT2D eigenvalue weighted by Gasteiger charge is 2.18. The van der Waals surface area contributed by atoms with Crippen LogP contribution in [0, 0.1) is 13.8 Å². The minimum absolute atomic E-state index is 0.0483. The second kappa shape index (κ2) is 5.76. The summed E-state index contributed by atoms with van der Waals surface area (Å²) in [5.74, 6) is 0.0483. The molecule has 4 heteroatoms. The molecule has 3 nitrogen and oxygen atoms in total. The Morgan fingerprint density at radius 3 is 2.63 bits per heavy atom. The van der Waals surface area contributed by atoms with E-state index in [1.165, 1.54) is 5.56 Å². The summed E-state index contributed by atoms with van der Waals surface area (Å²) in [6, 6.07) is 8.23. The van der Waals surface area contributed by atoms with Crippen molar-refractivity contribution < 1.29 is 5.11 Å². The maximum Gasteiger partial charge on any atom is 0.0847 e. The van der Waals surface area contributed by atoms with E-state index < -0.39 is 0 Å². The van der Waals surface area contributed by atoms with Gasteiger partial charge in [0.05, 0.1) is 23.0 Å². The first-order chi connectivity index (χ1) is 9.02. The van der Waals surface area contributed by atoms with Crippen molar-refractivity contribution in [1.82, 2.24) is 9.78 Å². The van der Waals surface area contributed by atoms with E-state index in [9.17, 15) is 5.11 Å². The fraction of sp³-hybridized carbons (Fsp3) is 0.400. The number of halogens is 1. The molecule has 2 aromatic rings. The molecular weight excluding hydrogens is 260 g/mol. The molecule has 0 bridgehead atoms. The van der Waals surface area contributed by atoms with E-state index in [-0.39, 0.29) is 12.5 Å². The second-order valence-corrected chi connectivity index (χ2v) is 5.35. The molecule has 0 fully saturated rings. The van der Waals surface area contributed by atoms with Crippen molar-refractivity contribution >= 4 is 11.6 Å². The summed E-state index contributed by atoms with van der Waals surface area (Å²) in [5, 5.41) is 14.7. The summed E-state index contributed by atoms with van der Waals surface area (Å²) in [4.78, 5) is 0. The minimum atomic E-state index is 0.0483. The largest absolute Gasteiger partial charge is 0.396 e. The first-order valence-electron chi connectivity index (χ1n) is 6.38. The number of hydrogen-bond donors (Lipinski definition) is 1. The summed E-state index contributed by atoms with van der Waals surface area (Å²) in [5.41, 5.74) is 4.14. The fourth-order valence-electron chi connectivity index (χ4n) is 2.35. The van der Waals surface area contributed by atoms with Crippen molar-refractivity contribution in [1.29, 1.82) is 0 Å². The molecule has 0 aliphatic carbocycles. The monoisotopic (exact) mass is 278 g/mol. The average Bonchev–Trinajstić information content (AvgIpc) is 2.61. The lowest BCUT2D eigenvalue weighted by Crippen LogP contribution is -2.11. The Hall–Kier alpha value is -1.32. The van der Waals surface area contributed by atoms with Gasteiger partial charge < -0.3 is 5.11 Å². The van der Waals surface area contributed by atoms with Gasteiger partial charge in [-0.1, -0.05) is 41.4 Å². The number of hydrogen-bond acceptors (Lipinski definition) is 2. The molecule has 19 heavy (non-hydrogen) atoms. The van der Waals surface area contributed by atoms with Crippen LogP contribution >= 0.6 is 11.6 Å². The number of benzene rings is 1. The fourth-order valence-corrected chi connectivity index (χ4v) is 2.58. The standard InChI is InChI=1S/C15H19ClN2O/c1-10-5-4-6-12(7-10)13(9-19)8-14-15(16)11(2)17-18(14)3/h4-7,13,19H,8-9H2,1-3H3. The smallest absolute Gasteiger partial charge is 0.0847 e. The van der Waals surface area contributed by atoms with E-state index in [0.29, 0.717) is 11.4 Å². The molecule has 0 radical (unpaired) electrons. The predicted octanol–water partition coefficient (Wildman–Crippen LogP) is 3.01. The molecule has 0 amide bonds. The molecular formula is C15H19ClN2O. The van der Waals surface area contributed by atoms with Crippen molar-refractivity contribution in [3.05, 3.63) is 51.8 Å². The van der Waals surface area contributed by atoms with Crippen LogP contribution in [0.4, 0.5) is 0 Å². The van der Waals surface area contributed by atoms with E-state index in [1.54, 1.807) is 4.68 Å². The molecule has 1 N–H and O–H groups in total. The van der Waals surface area contributed by atoms with Gasteiger partial charge in [0.15, 0.2) is 0 Å². The van der Waals surface area contributed by atoms with Crippen LogP contribution in [0.25, 0.3) is 0 Å². The van der Waals surface area contributed by atoms with Gasteiger partial charge in [0, 0.05) is 13.0 Å². The van der Waals surface area contributed by atoms with Gasteiger partial charge >= 0.3 is 0 Å². The Morgan fingerprint density at radius 2 is 2.11 bits per heavy atom. The van der Waals surface area contributed by atoms with E-state index in [2.05, 4.69) is 24.2 Å². The molecule has 0 saturated heterocycles. The highest BCUT2D eigenvalue weighted by molar-refractivity contribution is 6.31. The van der Waals surface area contributed by atoms with Crippen LogP contribution in [0.15, 0.2) is 24.3 Å². The van der Waals surface area contributed by atoms with Gasteiger partial charge in [0.1, 0.15) is 0 Å². The van der Waals surface area contributed by atoms with Gasteiger partial charge in [-0.25, -0.2) is 0 Å². The molecule has 0 spiro atoms. The maximum atomic E-state index is 9.65. The summed E-state index contributed by atoms with van der Waals surface area (Å²) >= 11 is 6.27. The summed E-state index contributed by atoms with van der Waals surface area (Å²) in [7, 11) is 1.89. The van der Waals surface area contributed by atoms with Gasteiger partial charge in [-0.2, -0.15) is 5.10 Å². The van der Waals surface area contributed by atoms with Crippen molar-refractivity contribution in [2.75, 3.05) is 6.61 Å². The molecule has 1 aromatic heterocycles. The molecule has 1 heterocycles. The molecule has 1 unspecified atom stereocenters. The zero-order valence-corrected chi connectivity index (χ0v) is 12.3. The van der Waals surface area contributed by atoms with Gasteiger partial charge in [0.25, 0.3) is 0 Å². The van der Waals surface area contributed by atoms with E-state index >= 15 is 0 Å². The lowest BCUT2D eigenvalue weighted by Gasteiger charge is -2.15. The van der Waals surface area contributed by atoms with Crippen molar-refractivity contribution in [3.8, 4) is 0 Å². The van der Waals surface area contributed by atoms with E-state index in [1.807, 2.05) is 26.1 Å². The molecule has 0 aliphatic rings. The number of aliphatic hydroxyl groups is 1. The average molecular weight is 279 g/mol. The van der Waals surface area contributed by atoms with Crippen LogP contribution in [0.1, 0.15) is 28.4 Å². The normalized spacial score (nSPS) is 12.7. The van der Waals surface area contributed by atoms with Gasteiger partial charge in [-0.05, 0) is 25.8 Å². The van der Waals surface area contributed by atoms with Gasteiger partial charge in [-0.15, -0.1) is 0 Å². The van der Waals surface area contributed by atoms with Gasteiger partial charge in [0.2, 0.25) is 0 Å². The molecule has 0 aliphatic heterocycles. The summed E-state index contributed by atoms with van der Waals surface area (Å²) in [6.07, 6.45) is 0.691. The predicted molar refractivity (Wildman–Crippen MR) is 77.7 cm³/mol. The van der Waals surface area contributed by atoms with E-state index in [4.69, 9.17) is 11.6 Å². The maximum absolute atomic E-state index is 9.65. The third-order valence-corrected chi connectivity index (χ3v) is 3.93. The Balaban J connectivity index is 2.29. The number of aromatic nitrogens is 2. The molecule has 102 valence electrons. The van der Waals surface area contributed by atoms with Crippen LogP contribution in [0.2, 0.25) is 5.02 Å². The zero-order chi connectivity index (χ0) is 14.0. The lowest BCUT2D eigenvalue weighted by atomic mass is 9.93. The number of aryl methyl sites for hydroxylation is 3. The van der Waals surface area contributed by atoms with Crippen molar-refractivity contribution in [2.24, 2.45) is 7.05 Å². The molecule has 1 atom stereocenters. The Kier molecular flexibility index (Phi) is 4.27. The topological polar surface area (TPSA) is 38.1 Å². The summed E-state index contributed by atoms with van der Waals surface area (Å²) < 4.78 is 1.80. The molecule has 2 rings (SSSR count). The van der Waals surface area contributed by atoms with Crippen LogP contribution in [0.5, 0.6) is 0 Å². The number of nitrogens with zero attached hydrogens (tertiary/aromatic N) is 2. The SMILES string of the molecule is Cc1cccc(C(CO)Cc2c(Cl)c(C)nn2C)c1. The van der Waals surface area contributed by atoms with Crippen LogP contribution in [-0.4, -0.2) is 21.5 Å². The highest BCUT2D eigenvalue weighted by Crippen LogP contribution is 2.27. The highest BCUT2D eigenvalue weighted by atomic mass is 35.5. The Bertz CT molecular complexity index is 578. The first kappa shape index (κ1) is 14.1. The third-order valence-electron chi connectivity index (χ3n) is 3.44. The van der Waals surface area contributed by atoms with E-state index in [0.717, 1.165) is 17.0 Å². The summed E-state index contributed by atoms with van der Waals surface area (Å²) in [6.45, 7) is 4.05. The number of rotatable bonds is 4. The molecule has 0 saturated carbocycles. The van der Waals surface area contributed by atoms with Crippen molar-refractivity contribution in [2.45, 2.75) is 26.2 Å². The Labute approximate surface area is 118 Å².